The van der Waals surface area contributed by atoms with E-state index in [0.29, 0.717) is 5.92 Å². The van der Waals surface area contributed by atoms with Crippen LogP contribution in [0.5, 0.6) is 0 Å². The Balaban J connectivity index is 2.21. The highest BCUT2D eigenvalue weighted by atomic mass is 16.6. The Morgan fingerprint density at radius 1 is 1.24 bits per heavy atom. The summed E-state index contributed by atoms with van der Waals surface area (Å²) in [6.45, 7) is 12.4. The molecule has 0 aromatic carbocycles. The van der Waals surface area contributed by atoms with Crippen molar-refractivity contribution in [1.29, 1.82) is 0 Å². The number of ether oxygens (including phenoxy) is 2. The molecule has 1 saturated heterocycles. The average Bonchev–Trinajstić information content (AvgIpc) is 2.56. The molecule has 0 aromatic rings. The zero-order chi connectivity index (χ0) is 18.7. The van der Waals surface area contributed by atoms with Crippen LogP contribution in [-0.2, 0) is 9.47 Å². The molecular formula is C18H36N4O3. The van der Waals surface area contributed by atoms with Crippen LogP contribution in [0, 0.1) is 5.92 Å². The second kappa shape index (κ2) is 11.2. The van der Waals surface area contributed by atoms with Gasteiger partial charge in [0.15, 0.2) is 5.96 Å². The molecule has 0 radical (unpaired) electrons. The van der Waals surface area contributed by atoms with Crippen LogP contribution in [0.4, 0.5) is 4.79 Å². The van der Waals surface area contributed by atoms with E-state index < -0.39 is 5.60 Å². The van der Waals surface area contributed by atoms with Gasteiger partial charge in [-0.25, -0.2) is 4.79 Å². The third-order valence-corrected chi connectivity index (χ3v) is 4.01. The molecule has 2 N–H and O–H groups in total. The van der Waals surface area contributed by atoms with Gasteiger partial charge in [0.25, 0.3) is 0 Å². The minimum atomic E-state index is -0.435. The van der Waals surface area contributed by atoms with Crippen LogP contribution < -0.4 is 10.6 Å². The van der Waals surface area contributed by atoms with Gasteiger partial charge >= 0.3 is 6.09 Å². The van der Waals surface area contributed by atoms with Gasteiger partial charge in [-0.2, -0.15) is 0 Å². The van der Waals surface area contributed by atoms with Crippen molar-refractivity contribution in [1.82, 2.24) is 15.5 Å². The van der Waals surface area contributed by atoms with Crippen molar-refractivity contribution in [3.05, 3.63) is 0 Å². The summed E-state index contributed by atoms with van der Waals surface area (Å²) < 4.78 is 10.8. The van der Waals surface area contributed by atoms with Crippen molar-refractivity contribution < 1.29 is 14.3 Å². The zero-order valence-electron chi connectivity index (χ0n) is 16.6. The Morgan fingerprint density at radius 3 is 2.48 bits per heavy atom. The topological polar surface area (TPSA) is 75.2 Å². The Morgan fingerprint density at radius 2 is 1.92 bits per heavy atom. The highest BCUT2D eigenvalue weighted by molar-refractivity contribution is 5.79. The van der Waals surface area contributed by atoms with E-state index in [1.54, 1.807) is 7.05 Å². The minimum Gasteiger partial charge on any atom is -0.444 e. The van der Waals surface area contributed by atoms with Gasteiger partial charge in [0.2, 0.25) is 0 Å². The third-order valence-electron chi connectivity index (χ3n) is 4.01. The molecular weight excluding hydrogens is 320 g/mol. The summed E-state index contributed by atoms with van der Waals surface area (Å²) in [5.41, 5.74) is -0.435. The number of carbonyl (C=O) groups is 1. The van der Waals surface area contributed by atoms with Crippen molar-refractivity contribution in [2.24, 2.45) is 10.9 Å². The predicted molar refractivity (Wildman–Crippen MR) is 101 cm³/mol. The lowest BCUT2D eigenvalue weighted by Gasteiger charge is -2.33. The van der Waals surface area contributed by atoms with Crippen molar-refractivity contribution >= 4 is 12.1 Å². The van der Waals surface area contributed by atoms with Crippen LogP contribution in [0.25, 0.3) is 0 Å². The van der Waals surface area contributed by atoms with Gasteiger partial charge in [-0.3, -0.25) is 4.99 Å². The normalized spacial score (nSPS) is 16.7. The largest absolute Gasteiger partial charge is 0.444 e. The summed E-state index contributed by atoms with van der Waals surface area (Å²) in [7, 11) is 1.78. The van der Waals surface area contributed by atoms with Crippen LogP contribution in [-0.4, -0.2) is 69.0 Å². The Bertz CT molecular complexity index is 413. The minimum absolute atomic E-state index is 0.203. The standard InChI is InChI=1S/C18H36N4O3/c1-6-24-13-7-10-20-16(19-5)21-14-15-8-11-22(12-9-15)17(23)25-18(2,3)4/h15H,6-14H2,1-5H3,(H2,19,20,21). The molecule has 0 bridgehead atoms. The summed E-state index contributed by atoms with van der Waals surface area (Å²) in [6, 6.07) is 0. The molecule has 0 atom stereocenters. The maximum Gasteiger partial charge on any atom is 0.410 e. The van der Waals surface area contributed by atoms with E-state index in [9.17, 15) is 4.79 Å². The number of rotatable bonds is 7. The number of likely N-dealkylation sites (tertiary alicyclic amines) is 1. The summed E-state index contributed by atoms with van der Waals surface area (Å²) in [5, 5.41) is 6.67. The monoisotopic (exact) mass is 356 g/mol. The van der Waals surface area contributed by atoms with Gasteiger partial charge in [0.1, 0.15) is 5.60 Å². The van der Waals surface area contributed by atoms with E-state index in [0.717, 1.165) is 64.6 Å². The molecule has 0 aliphatic carbocycles. The van der Waals surface area contributed by atoms with Crippen molar-refractivity contribution in [2.75, 3.05) is 46.4 Å². The number of nitrogens with zero attached hydrogens (tertiary/aromatic N) is 2. The first-order valence-corrected chi connectivity index (χ1v) is 9.36. The van der Waals surface area contributed by atoms with Crippen LogP contribution >= 0.6 is 0 Å². The maximum atomic E-state index is 12.1. The summed E-state index contributed by atoms with van der Waals surface area (Å²) in [5.74, 6) is 1.37. The molecule has 7 nitrogen and oxygen atoms in total. The Labute approximate surface area is 152 Å². The lowest BCUT2D eigenvalue weighted by molar-refractivity contribution is 0.0185. The van der Waals surface area contributed by atoms with E-state index in [2.05, 4.69) is 15.6 Å². The second-order valence-corrected chi connectivity index (χ2v) is 7.34. The molecule has 1 amide bonds. The van der Waals surface area contributed by atoms with Crippen LogP contribution in [0.1, 0.15) is 47.0 Å². The van der Waals surface area contributed by atoms with E-state index in [4.69, 9.17) is 9.47 Å². The van der Waals surface area contributed by atoms with E-state index in [1.165, 1.54) is 0 Å². The fourth-order valence-electron chi connectivity index (χ4n) is 2.63. The molecule has 0 spiro atoms. The number of carbonyl (C=O) groups excluding carboxylic acids is 1. The summed E-state index contributed by atoms with van der Waals surface area (Å²) >= 11 is 0. The number of hydrogen-bond acceptors (Lipinski definition) is 4. The summed E-state index contributed by atoms with van der Waals surface area (Å²) in [4.78, 5) is 18.1. The fourth-order valence-corrected chi connectivity index (χ4v) is 2.63. The maximum absolute atomic E-state index is 12.1. The quantitative estimate of drug-likeness (QED) is 0.416. The molecule has 1 aliphatic heterocycles. The molecule has 0 aromatic heterocycles. The fraction of sp³-hybridized carbons (Fsp3) is 0.889. The smallest absolute Gasteiger partial charge is 0.410 e. The molecule has 1 heterocycles. The van der Waals surface area contributed by atoms with E-state index in [-0.39, 0.29) is 6.09 Å². The van der Waals surface area contributed by atoms with Crippen molar-refractivity contribution in [3.8, 4) is 0 Å². The molecule has 25 heavy (non-hydrogen) atoms. The highest BCUT2D eigenvalue weighted by Crippen LogP contribution is 2.19. The van der Waals surface area contributed by atoms with Crippen molar-refractivity contribution in [3.63, 3.8) is 0 Å². The third kappa shape index (κ3) is 9.53. The summed E-state index contributed by atoms with van der Waals surface area (Å²) in [6.07, 6.45) is 2.72. The zero-order valence-corrected chi connectivity index (χ0v) is 16.6. The first-order chi connectivity index (χ1) is 11.9. The SMILES string of the molecule is CCOCCCNC(=NC)NCC1CCN(C(=O)OC(C)(C)C)CC1. The highest BCUT2D eigenvalue weighted by Gasteiger charge is 2.26. The second-order valence-electron chi connectivity index (χ2n) is 7.34. The lowest BCUT2D eigenvalue weighted by atomic mass is 9.97. The molecule has 146 valence electrons. The molecule has 1 fully saturated rings. The van der Waals surface area contributed by atoms with Gasteiger partial charge in [-0.15, -0.1) is 0 Å². The van der Waals surface area contributed by atoms with Crippen LogP contribution in [0.3, 0.4) is 0 Å². The first-order valence-electron chi connectivity index (χ1n) is 9.36. The lowest BCUT2D eigenvalue weighted by Crippen LogP contribution is -2.45. The molecule has 0 saturated carbocycles. The first kappa shape index (κ1) is 21.5. The van der Waals surface area contributed by atoms with Gasteiger partial charge in [0.05, 0.1) is 0 Å². The number of piperidine rings is 1. The van der Waals surface area contributed by atoms with Crippen LogP contribution in [0.2, 0.25) is 0 Å². The Hall–Kier alpha value is -1.50. The van der Waals surface area contributed by atoms with E-state index in [1.807, 2.05) is 32.6 Å². The van der Waals surface area contributed by atoms with E-state index >= 15 is 0 Å². The Kier molecular flexibility index (Phi) is 9.63. The van der Waals surface area contributed by atoms with Gasteiger partial charge in [-0.1, -0.05) is 0 Å². The number of nitrogens with one attached hydrogen (secondary N) is 2. The number of hydrogen-bond donors (Lipinski definition) is 2. The average molecular weight is 357 g/mol. The number of aliphatic imine (C=N–C) groups is 1. The van der Waals surface area contributed by atoms with Crippen LogP contribution in [0.15, 0.2) is 4.99 Å². The molecule has 7 heteroatoms. The van der Waals surface area contributed by atoms with Gasteiger partial charge in [-0.05, 0) is 52.9 Å². The molecule has 1 rings (SSSR count). The number of guanidine groups is 1. The number of amides is 1. The predicted octanol–water partition coefficient (Wildman–Crippen LogP) is 2.23. The molecule has 0 unspecified atom stereocenters. The van der Waals surface area contributed by atoms with Gasteiger partial charge in [0, 0.05) is 46.4 Å². The van der Waals surface area contributed by atoms with Crippen molar-refractivity contribution in [2.45, 2.75) is 52.6 Å². The molecule has 1 aliphatic rings. The van der Waals surface area contributed by atoms with Gasteiger partial charge < -0.3 is 25.0 Å².